The highest BCUT2D eigenvalue weighted by Crippen LogP contribution is 2.33. The van der Waals surface area contributed by atoms with E-state index in [0.29, 0.717) is 36.8 Å². The number of anilines is 1. The molecule has 122 valence electrons. The van der Waals surface area contributed by atoms with Gasteiger partial charge in [0.05, 0.1) is 12.2 Å². The Morgan fingerprint density at radius 1 is 1.39 bits per heavy atom. The van der Waals surface area contributed by atoms with Gasteiger partial charge in [0.15, 0.2) is 5.69 Å². The molecular weight excluding hydrogens is 323 g/mol. The molecule has 0 saturated heterocycles. The van der Waals surface area contributed by atoms with Crippen LogP contribution < -0.4 is 15.0 Å². The summed E-state index contributed by atoms with van der Waals surface area (Å²) in [5.41, 5.74) is 2.94. The summed E-state index contributed by atoms with van der Waals surface area (Å²) in [7, 11) is 0. The van der Waals surface area contributed by atoms with Crippen molar-refractivity contribution in [3.8, 4) is 5.75 Å². The smallest absolute Gasteiger partial charge is 0.279 e. The first kappa shape index (κ1) is 15.8. The molecule has 0 aliphatic carbocycles. The molecule has 2 aromatic rings. The summed E-state index contributed by atoms with van der Waals surface area (Å²) < 4.78 is 18.8. The summed E-state index contributed by atoms with van der Waals surface area (Å²) >= 11 is 0. The number of hydrogen-bond acceptors (Lipinski definition) is 4. The van der Waals surface area contributed by atoms with Crippen molar-refractivity contribution in [1.29, 1.82) is 0 Å². The maximum atomic E-state index is 13.3. The van der Waals surface area contributed by atoms with Crippen molar-refractivity contribution in [2.24, 2.45) is 0 Å². The molecule has 1 aromatic heterocycles. The molecular formula is C15H16ClFN4O2. The molecule has 8 heteroatoms. The first-order valence-corrected chi connectivity index (χ1v) is 7.25. The predicted octanol–water partition coefficient (Wildman–Crippen LogP) is 1.66. The number of rotatable bonds is 1. The van der Waals surface area contributed by atoms with E-state index in [1.165, 1.54) is 12.1 Å². The van der Waals surface area contributed by atoms with Crippen LogP contribution in [0, 0.1) is 5.82 Å². The number of aromatic nitrogens is 2. The largest absolute Gasteiger partial charge is 0.489 e. The van der Waals surface area contributed by atoms with E-state index >= 15 is 0 Å². The van der Waals surface area contributed by atoms with Crippen molar-refractivity contribution in [2.45, 2.75) is 13.0 Å². The van der Waals surface area contributed by atoms with E-state index in [4.69, 9.17) is 4.74 Å². The molecule has 0 radical (unpaired) electrons. The van der Waals surface area contributed by atoms with Crippen LogP contribution >= 0.6 is 12.4 Å². The second kappa shape index (κ2) is 6.17. The van der Waals surface area contributed by atoms with Crippen LogP contribution in [-0.2, 0) is 13.0 Å². The fourth-order valence-electron chi connectivity index (χ4n) is 2.93. The van der Waals surface area contributed by atoms with Gasteiger partial charge >= 0.3 is 0 Å². The van der Waals surface area contributed by atoms with E-state index in [1.54, 1.807) is 11.0 Å². The van der Waals surface area contributed by atoms with Crippen molar-refractivity contribution < 1.29 is 13.9 Å². The Balaban J connectivity index is 0.00000156. The maximum absolute atomic E-state index is 13.3. The normalized spacial score (nSPS) is 16.0. The number of fused-ring (bicyclic) bond motifs is 2. The molecule has 2 aliphatic rings. The molecule has 1 amide bonds. The van der Waals surface area contributed by atoms with Crippen molar-refractivity contribution in [2.75, 3.05) is 24.6 Å². The number of nitrogens with zero attached hydrogens (tertiary/aromatic N) is 2. The van der Waals surface area contributed by atoms with E-state index in [1.807, 2.05) is 0 Å². The van der Waals surface area contributed by atoms with Crippen LogP contribution in [-0.4, -0.2) is 35.8 Å². The number of benzene rings is 1. The lowest BCUT2D eigenvalue weighted by molar-refractivity contribution is 0.0970. The van der Waals surface area contributed by atoms with Gasteiger partial charge in [0.2, 0.25) is 0 Å². The molecule has 3 heterocycles. The van der Waals surface area contributed by atoms with Gasteiger partial charge in [-0.2, -0.15) is 5.10 Å². The summed E-state index contributed by atoms with van der Waals surface area (Å²) in [4.78, 5) is 14.4. The molecule has 2 N–H and O–H groups in total. The Kier molecular flexibility index (Phi) is 4.23. The number of H-pyrrole nitrogens is 1. The molecule has 2 aliphatic heterocycles. The Labute approximate surface area is 138 Å². The number of halogens is 2. The zero-order valence-electron chi connectivity index (χ0n) is 12.3. The highest BCUT2D eigenvalue weighted by molar-refractivity contribution is 6.07. The van der Waals surface area contributed by atoms with E-state index in [9.17, 15) is 9.18 Å². The summed E-state index contributed by atoms with van der Waals surface area (Å²) in [6.07, 6.45) is 0.834. The Morgan fingerprint density at radius 2 is 2.26 bits per heavy atom. The molecule has 1 aromatic carbocycles. The van der Waals surface area contributed by atoms with Crippen LogP contribution in [0.4, 0.5) is 10.1 Å². The van der Waals surface area contributed by atoms with Gasteiger partial charge in [0.25, 0.3) is 5.91 Å². The third-order valence-electron chi connectivity index (χ3n) is 4.04. The van der Waals surface area contributed by atoms with Crippen LogP contribution in [0.1, 0.15) is 21.7 Å². The lowest BCUT2D eigenvalue weighted by Gasteiger charge is -2.29. The average molecular weight is 339 g/mol. The number of carbonyl (C=O) groups is 1. The van der Waals surface area contributed by atoms with Gasteiger partial charge in [-0.15, -0.1) is 12.4 Å². The van der Waals surface area contributed by atoms with Crippen LogP contribution in [0.25, 0.3) is 0 Å². The zero-order chi connectivity index (χ0) is 15.1. The average Bonchev–Trinajstić information content (AvgIpc) is 2.97. The fraction of sp³-hybridized carbons (Fsp3) is 0.333. The van der Waals surface area contributed by atoms with Crippen LogP contribution in [0.5, 0.6) is 5.75 Å². The second-order valence-corrected chi connectivity index (χ2v) is 5.37. The van der Waals surface area contributed by atoms with E-state index in [2.05, 4.69) is 15.5 Å². The molecule has 0 unspecified atom stereocenters. The Hall–Kier alpha value is -2.12. The zero-order valence-corrected chi connectivity index (χ0v) is 13.1. The number of carbonyl (C=O) groups excluding carboxylic acids is 1. The van der Waals surface area contributed by atoms with Gasteiger partial charge in [-0.25, -0.2) is 4.39 Å². The van der Waals surface area contributed by atoms with Gasteiger partial charge in [-0.05, 0) is 12.1 Å². The molecule has 0 fully saturated rings. The quantitative estimate of drug-likeness (QED) is 0.829. The van der Waals surface area contributed by atoms with Crippen LogP contribution in [0.2, 0.25) is 0 Å². The molecule has 0 atom stereocenters. The maximum Gasteiger partial charge on any atom is 0.279 e. The highest BCUT2D eigenvalue weighted by atomic mass is 35.5. The van der Waals surface area contributed by atoms with Gasteiger partial charge < -0.3 is 15.0 Å². The lowest BCUT2D eigenvalue weighted by Crippen LogP contribution is -2.39. The molecule has 0 saturated carbocycles. The van der Waals surface area contributed by atoms with Crippen molar-refractivity contribution in [3.05, 3.63) is 41.0 Å². The number of ether oxygens (including phenoxy) is 1. The minimum atomic E-state index is -0.380. The first-order chi connectivity index (χ1) is 10.7. The van der Waals surface area contributed by atoms with Gasteiger partial charge in [-0.3, -0.25) is 9.89 Å². The number of aromatic amines is 1. The van der Waals surface area contributed by atoms with E-state index < -0.39 is 0 Å². The standard InChI is InChI=1S/C15H15FN4O2.ClH/c16-9-1-2-12-13(7-9)22-6-5-20(12)15(21)14-10-8-17-4-3-11(10)18-19-14;/h1-2,7,17H,3-6,8H2,(H,18,19);1H. The molecule has 4 rings (SSSR count). The summed E-state index contributed by atoms with van der Waals surface area (Å²) in [5, 5.41) is 10.4. The SMILES string of the molecule is Cl.O=C(c1n[nH]c2c1CNCC2)N1CCOc2cc(F)ccc21. The monoisotopic (exact) mass is 338 g/mol. The minimum Gasteiger partial charge on any atom is -0.489 e. The number of nitrogens with one attached hydrogen (secondary N) is 2. The highest BCUT2D eigenvalue weighted by Gasteiger charge is 2.30. The van der Waals surface area contributed by atoms with Gasteiger partial charge in [0, 0.05) is 36.8 Å². The number of amides is 1. The Morgan fingerprint density at radius 3 is 3.13 bits per heavy atom. The van der Waals surface area contributed by atoms with Gasteiger partial charge in [0.1, 0.15) is 18.2 Å². The van der Waals surface area contributed by atoms with E-state index in [0.717, 1.165) is 24.2 Å². The summed E-state index contributed by atoms with van der Waals surface area (Å²) in [5.74, 6) is -0.172. The second-order valence-electron chi connectivity index (χ2n) is 5.37. The van der Waals surface area contributed by atoms with Crippen molar-refractivity contribution >= 4 is 24.0 Å². The molecule has 23 heavy (non-hydrogen) atoms. The summed E-state index contributed by atoms with van der Waals surface area (Å²) in [6.45, 7) is 2.27. The third-order valence-corrected chi connectivity index (χ3v) is 4.04. The molecule has 6 nitrogen and oxygen atoms in total. The van der Waals surface area contributed by atoms with Crippen molar-refractivity contribution in [1.82, 2.24) is 15.5 Å². The first-order valence-electron chi connectivity index (χ1n) is 7.25. The summed E-state index contributed by atoms with van der Waals surface area (Å²) in [6, 6.07) is 4.20. The van der Waals surface area contributed by atoms with Crippen LogP contribution in [0.15, 0.2) is 18.2 Å². The minimum absolute atomic E-state index is 0. The van der Waals surface area contributed by atoms with E-state index in [-0.39, 0.29) is 24.1 Å². The molecule has 0 bridgehead atoms. The van der Waals surface area contributed by atoms with Gasteiger partial charge in [-0.1, -0.05) is 0 Å². The fourth-order valence-corrected chi connectivity index (χ4v) is 2.93. The predicted molar refractivity (Wildman–Crippen MR) is 84.8 cm³/mol. The van der Waals surface area contributed by atoms with Crippen molar-refractivity contribution in [3.63, 3.8) is 0 Å². The topological polar surface area (TPSA) is 70.2 Å². The number of hydrogen-bond donors (Lipinski definition) is 2. The molecule has 0 spiro atoms. The van der Waals surface area contributed by atoms with Crippen LogP contribution in [0.3, 0.4) is 0 Å². The third kappa shape index (κ3) is 2.66. The Bertz CT molecular complexity index is 749. The lowest BCUT2D eigenvalue weighted by atomic mass is 10.1.